The predicted octanol–water partition coefficient (Wildman–Crippen LogP) is 1.26. The van der Waals surface area contributed by atoms with Crippen LogP contribution in [0.15, 0.2) is 26.1 Å². The van der Waals surface area contributed by atoms with E-state index in [1.54, 1.807) is 26.3 Å². The van der Waals surface area contributed by atoms with Gasteiger partial charge in [-0.1, -0.05) is 5.16 Å². The Bertz CT molecular complexity index is 898. The fraction of sp³-hybridized carbons (Fsp3) is 0.375. The van der Waals surface area contributed by atoms with Gasteiger partial charge in [-0.2, -0.15) is 9.48 Å². The molecule has 1 aromatic heterocycles. The van der Waals surface area contributed by atoms with Crippen molar-refractivity contribution in [2.45, 2.75) is 13.8 Å². The maximum Gasteiger partial charge on any atom is 0.445 e. The Morgan fingerprint density at radius 2 is 2.15 bits per heavy atom. The molecule has 3 rings (SSSR count). The van der Waals surface area contributed by atoms with Gasteiger partial charge in [0, 0.05) is 11.0 Å². The monoisotopic (exact) mass is 376 g/mol. The summed E-state index contributed by atoms with van der Waals surface area (Å²) in [5.41, 5.74) is 0.790. The van der Waals surface area contributed by atoms with Gasteiger partial charge in [-0.15, -0.1) is 16.8 Å². The van der Waals surface area contributed by atoms with E-state index < -0.39 is 11.9 Å². The van der Waals surface area contributed by atoms with E-state index in [0.29, 0.717) is 22.3 Å². The smallest absolute Gasteiger partial charge is 0.360 e. The third-order valence-corrected chi connectivity index (χ3v) is 5.32. The van der Waals surface area contributed by atoms with Gasteiger partial charge in [0.25, 0.3) is 5.84 Å². The molecule has 1 atom stereocenters. The van der Waals surface area contributed by atoms with E-state index in [-0.39, 0.29) is 17.6 Å². The van der Waals surface area contributed by atoms with Crippen molar-refractivity contribution in [3.05, 3.63) is 22.3 Å². The molecule has 0 aromatic carbocycles. The molecule has 4 amide bonds. The van der Waals surface area contributed by atoms with Crippen molar-refractivity contribution in [2.75, 3.05) is 25.2 Å². The summed E-state index contributed by atoms with van der Waals surface area (Å²) >= 11 is 1.25. The summed E-state index contributed by atoms with van der Waals surface area (Å²) in [6.07, 6.45) is 1.61. The number of dihydropyridines is 1. The molecule has 2 aliphatic rings. The van der Waals surface area contributed by atoms with Gasteiger partial charge in [0.2, 0.25) is 5.91 Å². The number of aromatic nitrogens is 1. The molecule has 9 nitrogen and oxygen atoms in total. The number of allylic oxidation sites excluding steroid dienone is 1. The fourth-order valence-electron chi connectivity index (χ4n) is 2.70. The lowest BCUT2D eigenvalue weighted by Crippen LogP contribution is -2.52. The molecule has 0 fully saturated rings. The maximum atomic E-state index is 12.6. The lowest BCUT2D eigenvalue weighted by Gasteiger charge is -2.27. The highest BCUT2D eigenvalue weighted by Gasteiger charge is 2.47. The number of amidine groups is 1. The Balaban J connectivity index is 1.78. The normalized spacial score (nSPS) is 20.0. The average molecular weight is 376 g/mol. The zero-order chi connectivity index (χ0) is 19.0. The van der Waals surface area contributed by atoms with Crippen molar-refractivity contribution >= 4 is 47.5 Å². The van der Waals surface area contributed by atoms with Gasteiger partial charge in [0.05, 0.1) is 19.8 Å². The van der Waals surface area contributed by atoms with Crippen molar-refractivity contribution in [3.8, 4) is 0 Å². The maximum absolute atomic E-state index is 12.6. The van der Waals surface area contributed by atoms with E-state index in [2.05, 4.69) is 15.5 Å². The van der Waals surface area contributed by atoms with Crippen molar-refractivity contribution in [1.82, 2.24) is 10.1 Å². The Morgan fingerprint density at radius 3 is 2.81 bits per heavy atom. The van der Waals surface area contributed by atoms with E-state index in [1.807, 2.05) is 6.92 Å². The average Bonchev–Trinajstić information content (AvgIpc) is 3.01. The summed E-state index contributed by atoms with van der Waals surface area (Å²) in [6.45, 7) is 3.55. The summed E-state index contributed by atoms with van der Waals surface area (Å²) in [4.78, 5) is 42.9. The lowest BCUT2D eigenvalue weighted by atomic mass is 9.99. The second-order valence-corrected chi connectivity index (χ2v) is 7.01. The van der Waals surface area contributed by atoms with Gasteiger partial charge in [-0.05, 0) is 19.4 Å². The Hall–Kier alpha value is -2.75. The number of aryl methyl sites for hydroxylation is 1. The number of amides is 4. The minimum atomic E-state index is -0.681. The van der Waals surface area contributed by atoms with Crippen LogP contribution in [0.25, 0.3) is 0 Å². The summed E-state index contributed by atoms with van der Waals surface area (Å²) in [5.74, 6) is 0.0969. The minimum Gasteiger partial charge on any atom is -0.360 e. The Labute approximate surface area is 153 Å². The molecular formula is C16H18N5O4S+. The molecule has 136 valence electrons. The van der Waals surface area contributed by atoms with E-state index in [1.165, 1.54) is 23.4 Å². The number of carbonyl (C=O) groups excluding carboxylic acids is 3. The Kier molecular flexibility index (Phi) is 4.77. The van der Waals surface area contributed by atoms with Crippen LogP contribution in [-0.2, 0) is 9.59 Å². The van der Waals surface area contributed by atoms with Crippen LogP contribution < -0.4 is 5.32 Å². The molecule has 3 heterocycles. The number of imide groups is 1. The molecule has 1 N–H and O–H groups in total. The van der Waals surface area contributed by atoms with Gasteiger partial charge in [0.15, 0.2) is 11.7 Å². The second-order valence-electron chi connectivity index (χ2n) is 6.00. The number of anilines is 1. The molecule has 1 unspecified atom stereocenters. The molecule has 0 bridgehead atoms. The first-order valence-corrected chi connectivity index (χ1v) is 8.81. The number of rotatable bonds is 4. The van der Waals surface area contributed by atoms with Crippen molar-refractivity contribution in [3.63, 3.8) is 0 Å². The molecule has 0 saturated carbocycles. The number of nitrogens with one attached hydrogen (secondary N) is 1. The molecule has 0 saturated heterocycles. The SMILES string of the molecule is CC1=C(SCC(=O)Nc2cc(C)on2)C2C(=O)N(C)C(=O)[N+](C)=C2N=C1. The first-order valence-electron chi connectivity index (χ1n) is 7.82. The predicted molar refractivity (Wildman–Crippen MR) is 96.4 cm³/mol. The van der Waals surface area contributed by atoms with Crippen LogP contribution in [0.4, 0.5) is 10.6 Å². The van der Waals surface area contributed by atoms with Crippen LogP contribution in [-0.4, -0.2) is 64.4 Å². The fourth-order valence-corrected chi connectivity index (χ4v) is 3.72. The number of urea groups is 1. The third-order valence-electron chi connectivity index (χ3n) is 4.05. The van der Waals surface area contributed by atoms with Gasteiger partial charge in [0.1, 0.15) is 12.0 Å². The number of hydrogen-bond donors (Lipinski definition) is 1. The van der Waals surface area contributed by atoms with Crippen LogP contribution >= 0.6 is 11.8 Å². The summed E-state index contributed by atoms with van der Waals surface area (Å²) < 4.78 is 6.26. The summed E-state index contributed by atoms with van der Waals surface area (Å²) in [6, 6.07) is 1.19. The van der Waals surface area contributed by atoms with Crippen LogP contribution in [0.5, 0.6) is 0 Å². The highest BCUT2D eigenvalue weighted by atomic mass is 32.2. The third kappa shape index (κ3) is 3.19. The van der Waals surface area contributed by atoms with Gasteiger partial charge < -0.3 is 9.84 Å². The standard InChI is InChI=1S/C16H17N5O4S/c1-8-6-17-14-12(15(23)21(4)16(24)20(14)3)13(8)26-7-11(22)18-10-5-9(2)25-19-10/h5-6,12H,7H2,1-4H3/p+1. The van der Waals surface area contributed by atoms with Crippen molar-refractivity contribution < 1.29 is 23.5 Å². The number of nitrogens with zero attached hydrogens (tertiary/aromatic N) is 4. The molecule has 10 heteroatoms. The largest absolute Gasteiger partial charge is 0.445 e. The van der Waals surface area contributed by atoms with E-state index in [0.717, 1.165) is 10.5 Å². The number of thioether (sulfide) groups is 1. The summed E-state index contributed by atoms with van der Waals surface area (Å²) in [7, 11) is 3.01. The molecule has 0 radical (unpaired) electrons. The molecular weight excluding hydrogens is 358 g/mol. The number of hydrogen-bond acceptors (Lipinski definition) is 7. The van der Waals surface area contributed by atoms with Crippen LogP contribution in [0.3, 0.4) is 0 Å². The molecule has 1 aromatic rings. The molecule has 0 spiro atoms. The van der Waals surface area contributed by atoms with Gasteiger partial charge >= 0.3 is 11.9 Å². The van der Waals surface area contributed by atoms with Crippen LogP contribution in [0.1, 0.15) is 12.7 Å². The first kappa shape index (κ1) is 18.1. The quantitative estimate of drug-likeness (QED) is 0.793. The zero-order valence-electron chi connectivity index (χ0n) is 14.8. The van der Waals surface area contributed by atoms with E-state index in [9.17, 15) is 14.4 Å². The minimum absolute atomic E-state index is 0.0882. The van der Waals surface area contributed by atoms with Crippen molar-refractivity contribution in [2.24, 2.45) is 10.9 Å². The highest BCUT2D eigenvalue weighted by Crippen LogP contribution is 2.34. The highest BCUT2D eigenvalue weighted by molar-refractivity contribution is 8.03. The van der Waals surface area contributed by atoms with Crippen molar-refractivity contribution in [1.29, 1.82) is 0 Å². The van der Waals surface area contributed by atoms with Gasteiger partial charge in [-0.25, -0.2) is 4.79 Å². The summed E-state index contributed by atoms with van der Waals surface area (Å²) in [5, 5.41) is 6.35. The van der Waals surface area contributed by atoms with Crippen LogP contribution in [0, 0.1) is 12.8 Å². The molecule has 2 aliphatic heterocycles. The Morgan fingerprint density at radius 1 is 1.42 bits per heavy atom. The topological polar surface area (TPSA) is 108 Å². The number of aliphatic imine (C=N–C) groups is 1. The van der Waals surface area contributed by atoms with E-state index >= 15 is 0 Å². The van der Waals surface area contributed by atoms with Crippen LogP contribution in [0.2, 0.25) is 0 Å². The zero-order valence-corrected chi connectivity index (χ0v) is 15.6. The number of fused-ring (bicyclic) bond motifs is 1. The second kappa shape index (κ2) is 6.87. The first-order chi connectivity index (χ1) is 12.3. The van der Waals surface area contributed by atoms with E-state index in [4.69, 9.17) is 4.52 Å². The molecule has 0 aliphatic carbocycles. The lowest BCUT2D eigenvalue weighted by molar-refractivity contribution is -0.407. The molecule has 26 heavy (non-hydrogen) atoms. The van der Waals surface area contributed by atoms with Gasteiger partial charge in [-0.3, -0.25) is 9.59 Å². The number of carbonyl (C=O) groups is 3.